The van der Waals surface area contributed by atoms with Gasteiger partial charge in [0.15, 0.2) is 0 Å². The first-order valence-electron chi connectivity index (χ1n) is 4.86. The monoisotopic (exact) mass is 239 g/mol. The van der Waals surface area contributed by atoms with Crippen molar-refractivity contribution in [1.82, 2.24) is 0 Å². The van der Waals surface area contributed by atoms with Crippen molar-refractivity contribution in [1.29, 1.82) is 0 Å². The Bertz CT molecular complexity index is 429. The number of hydrogen-bond donors (Lipinski definition) is 1. The van der Waals surface area contributed by atoms with E-state index in [4.69, 9.17) is 16.7 Å². The third kappa shape index (κ3) is 2.02. The smallest absolute Gasteiger partial charge is 0.308 e. The average molecular weight is 240 g/mol. The summed E-state index contributed by atoms with van der Waals surface area (Å²) in [5.41, 5.74) is 0.693. The number of amides is 1. The molecule has 0 radical (unpaired) electrons. The minimum atomic E-state index is -0.926. The highest BCUT2D eigenvalue weighted by Gasteiger charge is 2.34. The van der Waals surface area contributed by atoms with Crippen LogP contribution in [0.5, 0.6) is 0 Å². The zero-order valence-corrected chi connectivity index (χ0v) is 9.15. The Balaban J connectivity index is 2.20. The van der Waals surface area contributed by atoms with E-state index in [0.717, 1.165) is 0 Å². The van der Waals surface area contributed by atoms with Crippen molar-refractivity contribution < 1.29 is 14.7 Å². The first-order chi connectivity index (χ1) is 7.58. The van der Waals surface area contributed by atoms with Crippen LogP contribution < -0.4 is 4.90 Å². The lowest BCUT2D eigenvalue weighted by atomic mass is 10.1. The van der Waals surface area contributed by atoms with Gasteiger partial charge in [0.05, 0.1) is 5.92 Å². The number of carbonyl (C=O) groups excluding carboxylic acids is 1. The molecule has 1 aromatic rings. The van der Waals surface area contributed by atoms with Gasteiger partial charge in [0, 0.05) is 23.7 Å². The van der Waals surface area contributed by atoms with Crippen LogP contribution in [-0.2, 0) is 9.59 Å². The number of hydrogen-bond acceptors (Lipinski definition) is 2. The van der Waals surface area contributed by atoms with Crippen molar-refractivity contribution in [3.8, 4) is 0 Å². The third-order valence-electron chi connectivity index (χ3n) is 2.61. The number of aliphatic carboxylic acids is 1. The largest absolute Gasteiger partial charge is 0.481 e. The molecule has 16 heavy (non-hydrogen) atoms. The van der Waals surface area contributed by atoms with Gasteiger partial charge in [-0.15, -0.1) is 0 Å². The predicted octanol–water partition coefficient (Wildman–Crippen LogP) is 1.78. The molecule has 1 N–H and O–H groups in total. The van der Waals surface area contributed by atoms with Crippen LogP contribution in [0, 0.1) is 5.92 Å². The number of carboxylic acids is 1. The lowest BCUT2D eigenvalue weighted by Gasteiger charge is -2.15. The molecule has 1 aromatic carbocycles. The maximum Gasteiger partial charge on any atom is 0.308 e. The fourth-order valence-electron chi connectivity index (χ4n) is 1.74. The lowest BCUT2D eigenvalue weighted by Crippen LogP contribution is -2.25. The second-order valence-electron chi connectivity index (χ2n) is 3.72. The molecule has 0 saturated carbocycles. The molecule has 84 valence electrons. The van der Waals surface area contributed by atoms with E-state index in [9.17, 15) is 9.59 Å². The SMILES string of the molecule is O=C(O)[C@@H]1CC(=O)N(c2ccc(Cl)cc2)C1. The van der Waals surface area contributed by atoms with Gasteiger partial charge >= 0.3 is 5.97 Å². The molecule has 0 bridgehead atoms. The zero-order valence-electron chi connectivity index (χ0n) is 8.39. The molecule has 0 unspecified atom stereocenters. The Morgan fingerprint density at radius 1 is 1.38 bits per heavy atom. The first-order valence-corrected chi connectivity index (χ1v) is 5.24. The standard InChI is InChI=1S/C11H10ClNO3/c12-8-1-3-9(4-2-8)13-6-7(11(15)16)5-10(13)14/h1-4,7H,5-6H2,(H,15,16)/t7-/m1/s1. The van der Waals surface area contributed by atoms with E-state index in [1.165, 1.54) is 4.90 Å². The summed E-state index contributed by atoms with van der Waals surface area (Å²) in [6, 6.07) is 6.78. The molecule has 2 rings (SSSR count). The predicted molar refractivity (Wildman–Crippen MR) is 59.5 cm³/mol. The van der Waals surface area contributed by atoms with Crippen LogP contribution in [0.15, 0.2) is 24.3 Å². The van der Waals surface area contributed by atoms with Gasteiger partial charge in [-0.2, -0.15) is 0 Å². The fourth-order valence-corrected chi connectivity index (χ4v) is 1.87. The molecular weight excluding hydrogens is 230 g/mol. The normalized spacial score (nSPS) is 20.2. The number of benzene rings is 1. The van der Waals surface area contributed by atoms with Crippen LogP contribution >= 0.6 is 11.6 Å². The van der Waals surface area contributed by atoms with Crippen LogP contribution in [0.1, 0.15) is 6.42 Å². The number of carboxylic acid groups (broad SMARTS) is 1. The van der Waals surface area contributed by atoms with Crippen LogP contribution in [0.4, 0.5) is 5.69 Å². The van der Waals surface area contributed by atoms with Crippen LogP contribution in [0.25, 0.3) is 0 Å². The Morgan fingerprint density at radius 3 is 2.50 bits per heavy atom. The first kappa shape index (κ1) is 11.0. The summed E-state index contributed by atoms with van der Waals surface area (Å²) in [5.74, 6) is -1.69. The van der Waals surface area contributed by atoms with Gasteiger partial charge in [-0.3, -0.25) is 9.59 Å². The molecule has 0 aromatic heterocycles. The molecular formula is C11H10ClNO3. The van der Waals surface area contributed by atoms with E-state index in [-0.39, 0.29) is 18.9 Å². The molecule has 1 atom stereocenters. The van der Waals surface area contributed by atoms with Crippen LogP contribution in [0.2, 0.25) is 5.02 Å². The lowest BCUT2D eigenvalue weighted by molar-refractivity contribution is -0.141. The molecule has 1 saturated heterocycles. The van der Waals surface area contributed by atoms with E-state index < -0.39 is 11.9 Å². The summed E-state index contributed by atoms with van der Waals surface area (Å²) in [5, 5.41) is 9.43. The van der Waals surface area contributed by atoms with E-state index in [1.54, 1.807) is 24.3 Å². The number of rotatable bonds is 2. The Kier molecular flexibility index (Phi) is 2.83. The minimum Gasteiger partial charge on any atom is -0.481 e. The van der Waals surface area contributed by atoms with Crippen molar-refractivity contribution >= 4 is 29.2 Å². The fraction of sp³-hybridized carbons (Fsp3) is 0.273. The van der Waals surface area contributed by atoms with Crippen LogP contribution in [0.3, 0.4) is 0 Å². The second-order valence-corrected chi connectivity index (χ2v) is 4.16. The summed E-state index contributed by atoms with van der Waals surface area (Å²) < 4.78 is 0. The Labute approximate surface area is 97.4 Å². The quantitative estimate of drug-likeness (QED) is 0.856. The number of anilines is 1. The van der Waals surface area contributed by atoms with Gasteiger partial charge in [0.1, 0.15) is 0 Å². The van der Waals surface area contributed by atoms with Crippen molar-refractivity contribution in [2.45, 2.75) is 6.42 Å². The van der Waals surface area contributed by atoms with Crippen molar-refractivity contribution in [3.63, 3.8) is 0 Å². The summed E-state index contributed by atoms with van der Waals surface area (Å²) in [6.07, 6.45) is 0.0674. The molecule has 4 nitrogen and oxygen atoms in total. The highest BCUT2D eigenvalue weighted by atomic mass is 35.5. The molecule has 1 fully saturated rings. The third-order valence-corrected chi connectivity index (χ3v) is 2.86. The van der Waals surface area contributed by atoms with Gasteiger partial charge < -0.3 is 10.0 Å². The van der Waals surface area contributed by atoms with Crippen molar-refractivity contribution in [3.05, 3.63) is 29.3 Å². The Hall–Kier alpha value is -1.55. The second kappa shape index (κ2) is 4.14. The van der Waals surface area contributed by atoms with Gasteiger partial charge in [-0.1, -0.05) is 11.6 Å². The molecule has 1 heterocycles. The van der Waals surface area contributed by atoms with Crippen LogP contribution in [-0.4, -0.2) is 23.5 Å². The summed E-state index contributed by atoms with van der Waals surface area (Å²) >= 11 is 5.74. The van der Waals surface area contributed by atoms with Gasteiger partial charge in [-0.05, 0) is 24.3 Å². The molecule has 0 spiro atoms. The molecule has 1 aliphatic heterocycles. The van der Waals surface area contributed by atoms with E-state index in [1.807, 2.05) is 0 Å². The van der Waals surface area contributed by atoms with E-state index >= 15 is 0 Å². The van der Waals surface area contributed by atoms with E-state index in [2.05, 4.69) is 0 Å². The number of nitrogens with zero attached hydrogens (tertiary/aromatic N) is 1. The molecule has 1 aliphatic rings. The van der Waals surface area contributed by atoms with Crippen molar-refractivity contribution in [2.75, 3.05) is 11.4 Å². The molecule has 0 aliphatic carbocycles. The minimum absolute atomic E-state index is 0.0674. The summed E-state index contributed by atoms with van der Waals surface area (Å²) in [6.45, 7) is 0.232. The number of halogens is 1. The highest BCUT2D eigenvalue weighted by Crippen LogP contribution is 2.26. The highest BCUT2D eigenvalue weighted by molar-refractivity contribution is 6.30. The van der Waals surface area contributed by atoms with Gasteiger partial charge in [0.2, 0.25) is 5.91 Å². The zero-order chi connectivity index (χ0) is 11.7. The van der Waals surface area contributed by atoms with E-state index in [0.29, 0.717) is 10.7 Å². The topological polar surface area (TPSA) is 57.6 Å². The molecule has 1 amide bonds. The molecule has 5 heteroatoms. The van der Waals surface area contributed by atoms with Gasteiger partial charge in [0.25, 0.3) is 0 Å². The average Bonchev–Trinajstić information content (AvgIpc) is 2.62. The van der Waals surface area contributed by atoms with Gasteiger partial charge in [-0.25, -0.2) is 0 Å². The maximum atomic E-state index is 11.6. The van der Waals surface area contributed by atoms with Crippen molar-refractivity contribution in [2.24, 2.45) is 5.92 Å². The maximum absolute atomic E-state index is 11.6. The number of carbonyl (C=O) groups is 2. The summed E-state index contributed by atoms with van der Waals surface area (Å²) in [7, 11) is 0. The summed E-state index contributed by atoms with van der Waals surface area (Å²) in [4.78, 5) is 23.9. The Morgan fingerprint density at radius 2 is 2.00 bits per heavy atom.